The molecule has 0 aliphatic heterocycles. The number of carboxylic acid groups (broad SMARTS) is 1. The Bertz CT molecular complexity index is 192. The van der Waals surface area contributed by atoms with Crippen LogP contribution in [-0.2, 0) is 11.2 Å². The van der Waals surface area contributed by atoms with Crippen molar-refractivity contribution in [2.75, 3.05) is 0 Å². The molecule has 0 fully saturated rings. The number of nitrogens with zero attached hydrogens (tertiary/aromatic N) is 2. The van der Waals surface area contributed by atoms with Crippen LogP contribution in [0.1, 0.15) is 19.7 Å². The largest absolute Gasteiger partial charge is 0.481 e. The van der Waals surface area contributed by atoms with Crippen LogP contribution in [0.4, 0.5) is 0 Å². The van der Waals surface area contributed by atoms with E-state index in [1.54, 1.807) is 0 Å². The zero-order valence-electron chi connectivity index (χ0n) is 6.44. The van der Waals surface area contributed by atoms with E-state index < -0.39 is 5.97 Å². The molecule has 0 aliphatic carbocycles. The van der Waals surface area contributed by atoms with E-state index in [1.807, 2.05) is 6.92 Å². The first-order valence-corrected chi connectivity index (χ1v) is 3.11. The zero-order valence-corrected chi connectivity index (χ0v) is 6.44. The average Bonchev–Trinajstić information content (AvgIpc) is 2.36. The fourth-order valence-electron chi connectivity index (χ4n) is 0.350. The van der Waals surface area contributed by atoms with Crippen LogP contribution in [0.15, 0.2) is 10.8 Å². The van der Waals surface area contributed by atoms with Crippen molar-refractivity contribution in [3.63, 3.8) is 0 Å². The Labute approximate surface area is 64.1 Å². The van der Waals surface area contributed by atoms with Gasteiger partial charge in [-0.3, -0.25) is 4.79 Å². The Morgan fingerprint density at radius 1 is 1.82 bits per heavy atom. The van der Waals surface area contributed by atoms with Crippen LogP contribution in [0.2, 0.25) is 0 Å². The van der Waals surface area contributed by atoms with Crippen molar-refractivity contribution >= 4 is 5.97 Å². The van der Waals surface area contributed by atoms with Crippen molar-refractivity contribution in [3.05, 3.63) is 12.3 Å². The molecule has 0 spiro atoms. The van der Waals surface area contributed by atoms with Crippen LogP contribution in [0, 0.1) is 0 Å². The van der Waals surface area contributed by atoms with E-state index in [1.165, 1.54) is 6.39 Å². The minimum Gasteiger partial charge on any atom is -0.481 e. The van der Waals surface area contributed by atoms with E-state index in [2.05, 4.69) is 10.2 Å². The highest BCUT2D eigenvalue weighted by atomic mass is 16.4. The smallest absolute Gasteiger partial charge is 0.300 e. The quantitative estimate of drug-likeness (QED) is 0.651. The minimum absolute atomic E-state index is 0.694. The van der Waals surface area contributed by atoms with E-state index >= 15 is 0 Å². The normalized spacial score (nSPS) is 8.18. The fourth-order valence-corrected chi connectivity index (χ4v) is 0.350. The maximum absolute atomic E-state index is 9.00. The van der Waals surface area contributed by atoms with E-state index in [-0.39, 0.29) is 0 Å². The van der Waals surface area contributed by atoms with Crippen molar-refractivity contribution in [1.29, 1.82) is 0 Å². The molecule has 1 heterocycles. The molecule has 0 atom stereocenters. The first-order chi connectivity index (χ1) is 5.16. The molecule has 0 aromatic carbocycles. The van der Waals surface area contributed by atoms with Crippen LogP contribution >= 0.6 is 0 Å². The molecule has 0 aliphatic rings. The predicted molar refractivity (Wildman–Crippen MR) is 37.0 cm³/mol. The van der Waals surface area contributed by atoms with Crippen molar-refractivity contribution in [2.24, 2.45) is 0 Å². The van der Waals surface area contributed by atoms with Crippen molar-refractivity contribution in [1.82, 2.24) is 10.2 Å². The summed E-state index contributed by atoms with van der Waals surface area (Å²) in [5.41, 5.74) is 0. The molecule has 0 bridgehead atoms. The van der Waals surface area contributed by atoms with E-state index in [0.717, 1.165) is 13.3 Å². The lowest BCUT2D eigenvalue weighted by atomic mass is 10.5. The molecule has 5 nitrogen and oxygen atoms in total. The Kier molecular flexibility index (Phi) is 4.72. The number of carbonyl (C=O) groups is 1. The Morgan fingerprint density at radius 2 is 2.36 bits per heavy atom. The molecule has 1 rings (SSSR count). The van der Waals surface area contributed by atoms with Gasteiger partial charge in [-0.15, -0.1) is 10.2 Å². The van der Waals surface area contributed by atoms with Crippen molar-refractivity contribution in [2.45, 2.75) is 20.3 Å². The summed E-state index contributed by atoms with van der Waals surface area (Å²) in [6.07, 6.45) is 2.15. The molecule has 62 valence electrons. The van der Waals surface area contributed by atoms with Gasteiger partial charge in [0.1, 0.15) is 0 Å². The second kappa shape index (κ2) is 5.40. The molecule has 1 N–H and O–H groups in total. The number of hydrogen-bond donors (Lipinski definition) is 1. The average molecular weight is 158 g/mol. The number of aromatic nitrogens is 2. The maximum Gasteiger partial charge on any atom is 0.300 e. The molecule has 0 radical (unpaired) electrons. The highest BCUT2D eigenvalue weighted by Gasteiger charge is 1.88. The van der Waals surface area contributed by atoms with Gasteiger partial charge in [0.2, 0.25) is 12.3 Å². The number of aryl methyl sites for hydroxylation is 1. The summed E-state index contributed by atoms with van der Waals surface area (Å²) in [6.45, 7) is 3.05. The standard InChI is InChI=1S/C4H6N2O.C2H4O2/c1-2-4-6-5-3-7-4;1-2(3)4/h3H,2H2,1H3;1H3,(H,3,4). The molecule has 11 heavy (non-hydrogen) atoms. The van der Waals surface area contributed by atoms with Gasteiger partial charge in [0.25, 0.3) is 5.97 Å². The number of hydrogen-bond acceptors (Lipinski definition) is 4. The Morgan fingerprint density at radius 3 is 2.55 bits per heavy atom. The third-order valence-corrected chi connectivity index (χ3v) is 0.708. The van der Waals surface area contributed by atoms with Crippen LogP contribution in [0.3, 0.4) is 0 Å². The minimum atomic E-state index is -0.833. The summed E-state index contributed by atoms with van der Waals surface area (Å²) in [5, 5.41) is 14.5. The van der Waals surface area contributed by atoms with E-state index in [0.29, 0.717) is 5.89 Å². The van der Waals surface area contributed by atoms with Gasteiger partial charge in [0.15, 0.2) is 0 Å². The molecular formula is C6H10N2O3. The van der Waals surface area contributed by atoms with Crippen molar-refractivity contribution < 1.29 is 14.3 Å². The summed E-state index contributed by atoms with van der Waals surface area (Å²) < 4.78 is 4.76. The third-order valence-electron chi connectivity index (χ3n) is 0.708. The van der Waals surface area contributed by atoms with Crippen LogP contribution in [-0.4, -0.2) is 21.3 Å². The topological polar surface area (TPSA) is 76.2 Å². The summed E-state index contributed by atoms with van der Waals surface area (Å²) in [4.78, 5) is 9.00. The summed E-state index contributed by atoms with van der Waals surface area (Å²) in [7, 11) is 0. The van der Waals surface area contributed by atoms with Gasteiger partial charge >= 0.3 is 0 Å². The second-order valence-electron chi connectivity index (χ2n) is 1.71. The van der Waals surface area contributed by atoms with Gasteiger partial charge in [-0.2, -0.15) is 0 Å². The van der Waals surface area contributed by atoms with Crippen LogP contribution < -0.4 is 0 Å². The van der Waals surface area contributed by atoms with Gasteiger partial charge < -0.3 is 9.52 Å². The molecule has 0 saturated heterocycles. The predicted octanol–water partition coefficient (Wildman–Crippen LogP) is 0.723. The van der Waals surface area contributed by atoms with E-state index in [4.69, 9.17) is 14.3 Å². The molecule has 1 aromatic heterocycles. The lowest BCUT2D eigenvalue weighted by Gasteiger charge is -1.74. The monoisotopic (exact) mass is 158 g/mol. The summed E-state index contributed by atoms with van der Waals surface area (Å²) in [6, 6.07) is 0. The fraction of sp³-hybridized carbons (Fsp3) is 0.500. The number of rotatable bonds is 1. The highest BCUT2D eigenvalue weighted by Crippen LogP contribution is 1.88. The molecule has 0 amide bonds. The van der Waals surface area contributed by atoms with Gasteiger partial charge in [-0.05, 0) is 0 Å². The summed E-state index contributed by atoms with van der Waals surface area (Å²) in [5.74, 6) is -0.139. The molecule has 5 heteroatoms. The first-order valence-electron chi connectivity index (χ1n) is 3.11. The van der Waals surface area contributed by atoms with Crippen LogP contribution in [0.25, 0.3) is 0 Å². The number of aliphatic carboxylic acids is 1. The third kappa shape index (κ3) is 6.50. The van der Waals surface area contributed by atoms with Gasteiger partial charge in [-0.25, -0.2) is 0 Å². The lowest BCUT2D eigenvalue weighted by Crippen LogP contribution is -1.78. The van der Waals surface area contributed by atoms with Crippen molar-refractivity contribution in [3.8, 4) is 0 Å². The second-order valence-corrected chi connectivity index (χ2v) is 1.71. The zero-order chi connectivity index (χ0) is 8.69. The van der Waals surface area contributed by atoms with E-state index in [9.17, 15) is 0 Å². The molecule has 0 unspecified atom stereocenters. The molecule has 1 aromatic rings. The molecular weight excluding hydrogens is 148 g/mol. The Hall–Kier alpha value is -1.39. The Balaban J connectivity index is 0.000000218. The van der Waals surface area contributed by atoms with Crippen LogP contribution in [0.5, 0.6) is 0 Å². The van der Waals surface area contributed by atoms with Gasteiger partial charge in [0, 0.05) is 13.3 Å². The first kappa shape index (κ1) is 9.61. The summed E-state index contributed by atoms with van der Waals surface area (Å²) >= 11 is 0. The molecule has 0 saturated carbocycles. The maximum atomic E-state index is 9.00. The highest BCUT2D eigenvalue weighted by molar-refractivity contribution is 5.62. The van der Waals surface area contributed by atoms with Gasteiger partial charge in [-0.1, -0.05) is 6.92 Å². The van der Waals surface area contributed by atoms with Gasteiger partial charge in [0.05, 0.1) is 0 Å². The number of carboxylic acids is 1. The lowest BCUT2D eigenvalue weighted by molar-refractivity contribution is -0.134. The SMILES string of the molecule is CC(=O)O.CCc1nnco1.